The fourth-order valence-corrected chi connectivity index (χ4v) is 3.20. The van der Waals surface area contributed by atoms with E-state index in [4.69, 9.17) is 0 Å². The molecular weight excluding hydrogens is 236 g/mol. The topological polar surface area (TPSA) is 37.3 Å². The van der Waals surface area contributed by atoms with Crippen molar-refractivity contribution < 1.29 is 9.90 Å². The molecule has 0 heterocycles. The van der Waals surface area contributed by atoms with Crippen molar-refractivity contribution in [3.05, 3.63) is 35.4 Å². The monoisotopic (exact) mass is 260 g/mol. The lowest BCUT2D eigenvalue weighted by Gasteiger charge is -2.23. The predicted octanol–water partition coefficient (Wildman–Crippen LogP) is 4.52. The van der Waals surface area contributed by atoms with Gasteiger partial charge in [-0.2, -0.15) is 0 Å². The Morgan fingerprint density at radius 3 is 2.68 bits per heavy atom. The van der Waals surface area contributed by atoms with Crippen molar-refractivity contribution in [3.8, 4) is 0 Å². The van der Waals surface area contributed by atoms with Crippen LogP contribution in [0.1, 0.15) is 62.0 Å². The summed E-state index contributed by atoms with van der Waals surface area (Å²) >= 11 is 0. The third-order valence-electron chi connectivity index (χ3n) is 4.33. The first-order chi connectivity index (χ1) is 9.16. The standard InChI is InChI=1S/C17H24O2/c1-13-6-5-9-15(12-13)16(17(18)19)11-10-14-7-3-2-4-8-14/h5-6,9,12,14,16H,2-4,7-8,10-11H2,1H3,(H,18,19). The average molecular weight is 260 g/mol. The summed E-state index contributed by atoms with van der Waals surface area (Å²) in [4.78, 5) is 11.5. The second-order valence-corrected chi connectivity index (χ2v) is 5.89. The Kier molecular flexibility index (Phi) is 5.00. The van der Waals surface area contributed by atoms with Gasteiger partial charge in [-0.05, 0) is 31.2 Å². The number of carbonyl (C=O) groups is 1. The van der Waals surface area contributed by atoms with Crippen molar-refractivity contribution in [3.63, 3.8) is 0 Å². The van der Waals surface area contributed by atoms with E-state index < -0.39 is 5.97 Å². The highest BCUT2D eigenvalue weighted by molar-refractivity contribution is 5.76. The molecule has 0 amide bonds. The molecule has 0 spiro atoms. The maximum absolute atomic E-state index is 11.5. The Bertz CT molecular complexity index is 419. The van der Waals surface area contributed by atoms with E-state index >= 15 is 0 Å². The average Bonchev–Trinajstić information content (AvgIpc) is 2.40. The zero-order valence-electron chi connectivity index (χ0n) is 11.8. The van der Waals surface area contributed by atoms with Crippen LogP contribution in [-0.2, 0) is 4.79 Å². The van der Waals surface area contributed by atoms with Gasteiger partial charge in [-0.1, -0.05) is 61.9 Å². The van der Waals surface area contributed by atoms with Crippen molar-refractivity contribution in [2.45, 2.75) is 57.8 Å². The molecule has 0 saturated heterocycles. The second-order valence-electron chi connectivity index (χ2n) is 5.89. The van der Waals surface area contributed by atoms with Gasteiger partial charge in [-0.15, -0.1) is 0 Å². The van der Waals surface area contributed by atoms with Crippen LogP contribution in [0.5, 0.6) is 0 Å². The van der Waals surface area contributed by atoms with E-state index in [0.717, 1.165) is 29.9 Å². The van der Waals surface area contributed by atoms with E-state index in [2.05, 4.69) is 0 Å². The molecule has 2 rings (SSSR count). The van der Waals surface area contributed by atoms with Crippen LogP contribution >= 0.6 is 0 Å². The van der Waals surface area contributed by atoms with Crippen LogP contribution in [0, 0.1) is 12.8 Å². The van der Waals surface area contributed by atoms with Crippen LogP contribution < -0.4 is 0 Å². The molecule has 1 aromatic rings. The molecule has 104 valence electrons. The normalized spacial score (nSPS) is 18.2. The molecule has 2 nitrogen and oxygen atoms in total. The van der Waals surface area contributed by atoms with Gasteiger partial charge < -0.3 is 5.11 Å². The highest BCUT2D eigenvalue weighted by Crippen LogP contribution is 2.31. The van der Waals surface area contributed by atoms with Crippen LogP contribution in [0.25, 0.3) is 0 Å². The van der Waals surface area contributed by atoms with Crippen molar-refractivity contribution in [2.75, 3.05) is 0 Å². The van der Waals surface area contributed by atoms with Crippen LogP contribution in [-0.4, -0.2) is 11.1 Å². The fraction of sp³-hybridized carbons (Fsp3) is 0.588. The summed E-state index contributed by atoms with van der Waals surface area (Å²) in [6, 6.07) is 7.94. The minimum atomic E-state index is -0.679. The Balaban J connectivity index is 1.98. The number of hydrogen-bond donors (Lipinski definition) is 1. The third-order valence-corrected chi connectivity index (χ3v) is 4.33. The summed E-state index contributed by atoms with van der Waals surface area (Å²) in [5, 5.41) is 9.45. The van der Waals surface area contributed by atoms with Gasteiger partial charge >= 0.3 is 5.97 Å². The number of rotatable bonds is 5. The minimum Gasteiger partial charge on any atom is -0.481 e. The molecule has 2 heteroatoms. The Labute approximate surface area is 115 Å². The van der Waals surface area contributed by atoms with Gasteiger partial charge in [0.1, 0.15) is 0 Å². The van der Waals surface area contributed by atoms with Gasteiger partial charge in [0.2, 0.25) is 0 Å². The zero-order chi connectivity index (χ0) is 13.7. The van der Waals surface area contributed by atoms with E-state index in [1.807, 2.05) is 31.2 Å². The largest absolute Gasteiger partial charge is 0.481 e. The SMILES string of the molecule is Cc1cccc(C(CCC2CCCCC2)C(=O)O)c1. The first-order valence-electron chi connectivity index (χ1n) is 7.46. The lowest BCUT2D eigenvalue weighted by atomic mass is 9.82. The van der Waals surface area contributed by atoms with E-state index in [0.29, 0.717) is 0 Å². The summed E-state index contributed by atoms with van der Waals surface area (Å²) < 4.78 is 0. The van der Waals surface area contributed by atoms with Gasteiger partial charge in [0.05, 0.1) is 5.92 Å². The molecule has 1 fully saturated rings. The Morgan fingerprint density at radius 1 is 1.32 bits per heavy atom. The highest BCUT2D eigenvalue weighted by atomic mass is 16.4. The Hall–Kier alpha value is -1.31. The fourth-order valence-electron chi connectivity index (χ4n) is 3.20. The number of hydrogen-bond acceptors (Lipinski definition) is 1. The summed E-state index contributed by atoms with van der Waals surface area (Å²) in [5.41, 5.74) is 2.10. The number of benzene rings is 1. The second kappa shape index (κ2) is 6.74. The minimum absolute atomic E-state index is 0.332. The van der Waals surface area contributed by atoms with Crippen LogP contribution in [0.3, 0.4) is 0 Å². The lowest BCUT2D eigenvalue weighted by molar-refractivity contribution is -0.139. The van der Waals surface area contributed by atoms with Crippen LogP contribution in [0.2, 0.25) is 0 Å². The molecule has 1 aliphatic carbocycles. The Morgan fingerprint density at radius 2 is 2.05 bits per heavy atom. The third kappa shape index (κ3) is 4.09. The molecule has 0 aliphatic heterocycles. The van der Waals surface area contributed by atoms with Gasteiger partial charge in [0, 0.05) is 0 Å². The van der Waals surface area contributed by atoms with E-state index in [1.54, 1.807) is 0 Å². The molecule has 1 aliphatic rings. The zero-order valence-corrected chi connectivity index (χ0v) is 11.8. The molecule has 0 bridgehead atoms. The summed E-state index contributed by atoms with van der Waals surface area (Å²) in [6.07, 6.45) is 8.44. The number of carboxylic acid groups (broad SMARTS) is 1. The first kappa shape index (κ1) is 14.1. The number of aryl methyl sites for hydroxylation is 1. The summed E-state index contributed by atoms with van der Waals surface area (Å²) in [5.74, 6) is -0.261. The van der Waals surface area contributed by atoms with Gasteiger partial charge in [0.25, 0.3) is 0 Å². The number of carboxylic acids is 1. The molecule has 1 N–H and O–H groups in total. The molecule has 1 saturated carbocycles. The van der Waals surface area contributed by atoms with Crippen molar-refractivity contribution in [2.24, 2.45) is 5.92 Å². The molecule has 0 radical (unpaired) electrons. The summed E-state index contributed by atoms with van der Waals surface area (Å²) in [6.45, 7) is 2.02. The van der Waals surface area contributed by atoms with Gasteiger partial charge in [-0.25, -0.2) is 0 Å². The highest BCUT2D eigenvalue weighted by Gasteiger charge is 2.22. The van der Waals surface area contributed by atoms with Crippen LogP contribution in [0.15, 0.2) is 24.3 Å². The smallest absolute Gasteiger partial charge is 0.310 e. The molecule has 1 atom stereocenters. The van der Waals surface area contributed by atoms with Crippen molar-refractivity contribution in [1.29, 1.82) is 0 Å². The van der Waals surface area contributed by atoms with E-state index in [1.165, 1.54) is 32.1 Å². The molecule has 19 heavy (non-hydrogen) atoms. The van der Waals surface area contributed by atoms with Crippen molar-refractivity contribution >= 4 is 5.97 Å². The van der Waals surface area contributed by atoms with E-state index in [-0.39, 0.29) is 5.92 Å². The summed E-state index contributed by atoms with van der Waals surface area (Å²) in [7, 11) is 0. The molecule has 1 aromatic carbocycles. The quantitative estimate of drug-likeness (QED) is 0.845. The first-order valence-corrected chi connectivity index (χ1v) is 7.46. The van der Waals surface area contributed by atoms with Crippen LogP contribution in [0.4, 0.5) is 0 Å². The molecule has 1 unspecified atom stereocenters. The number of aliphatic carboxylic acids is 1. The molecular formula is C17H24O2. The maximum Gasteiger partial charge on any atom is 0.310 e. The van der Waals surface area contributed by atoms with Gasteiger partial charge in [0.15, 0.2) is 0 Å². The maximum atomic E-state index is 11.5. The van der Waals surface area contributed by atoms with Crippen molar-refractivity contribution in [1.82, 2.24) is 0 Å². The molecule has 0 aromatic heterocycles. The predicted molar refractivity (Wildman–Crippen MR) is 77.4 cm³/mol. The lowest BCUT2D eigenvalue weighted by Crippen LogP contribution is -2.15. The van der Waals surface area contributed by atoms with E-state index in [9.17, 15) is 9.90 Å². The van der Waals surface area contributed by atoms with Gasteiger partial charge in [-0.3, -0.25) is 4.79 Å².